The average Bonchev–Trinajstić information content (AvgIpc) is 2.02. The molecule has 4 N–H and O–H groups in total. The van der Waals surface area contributed by atoms with E-state index >= 15 is 0 Å². The van der Waals surface area contributed by atoms with Crippen LogP contribution in [0.25, 0.3) is 0 Å². The van der Waals surface area contributed by atoms with Crippen molar-refractivity contribution in [2.75, 3.05) is 13.2 Å². The number of rotatable bonds is 5. The first-order valence-electron chi connectivity index (χ1n) is 3.25. The van der Waals surface area contributed by atoms with Gasteiger partial charge >= 0.3 is 0 Å². The van der Waals surface area contributed by atoms with Gasteiger partial charge in [0.2, 0.25) is 0 Å². The number of carbonyl (C=O) groups excluding carboxylic acids is 1. The Balaban J connectivity index is 3.81. The fraction of sp³-hybridized carbons (Fsp3) is 0.833. The minimum absolute atomic E-state index is 0.115. The Morgan fingerprint density at radius 2 is 1.73 bits per heavy atom. The van der Waals surface area contributed by atoms with E-state index in [2.05, 4.69) is 0 Å². The van der Waals surface area contributed by atoms with Crippen LogP contribution in [0.1, 0.15) is 6.42 Å². The van der Waals surface area contributed by atoms with Crippen LogP contribution < -0.4 is 0 Å². The Labute approximate surface area is 63.9 Å². The van der Waals surface area contributed by atoms with Gasteiger partial charge in [-0.1, -0.05) is 0 Å². The van der Waals surface area contributed by atoms with Crippen molar-refractivity contribution >= 4 is 5.78 Å². The molecule has 0 aromatic carbocycles. The van der Waals surface area contributed by atoms with Crippen LogP contribution in [0.4, 0.5) is 0 Å². The van der Waals surface area contributed by atoms with Crippen molar-refractivity contribution < 1.29 is 25.2 Å². The minimum atomic E-state index is -1.54. The third-order valence-electron chi connectivity index (χ3n) is 1.23. The lowest BCUT2D eigenvalue weighted by Gasteiger charge is -2.10. The number of aliphatic hydroxyl groups is 4. The molecular formula is C6H12O5. The van der Waals surface area contributed by atoms with E-state index in [1.54, 1.807) is 0 Å². The van der Waals surface area contributed by atoms with E-state index in [1.807, 2.05) is 0 Å². The van der Waals surface area contributed by atoms with Crippen LogP contribution >= 0.6 is 0 Å². The Kier molecular flexibility index (Phi) is 4.97. The van der Waals surface area contributed by atoms with Gasteiger partial charge in [-0.3, -0.25) is 4.79 Å². The van der Waals surface area contributed by atoms with E-state index < -0.39 is 24.6 Å². The van der Waals surface area contributed by atoms with Gasteiger partial charge in [0.05, 0.1) is 6.61 Å². The Bertz CT molecular complexity index is 124. The van der Waals surface area contributed by atoms with Crippen molar-refractivity contribution in [3.8, 4) is 0 Å². The summed E-state index contributed by atoms with van der Waals surface area (Å²) in [5.74, 6) is -0.860. The molecule has 0 fully saturated rings. The molecule has 5 nitrogen and oxygen atoms in total. The van der Waals surface area contributed by atoms with E-state index in [0.29, 0.717) is 0 Å². The zero-order chi connectivity index (χ0) is 8.85. The number of Topliss-reactive ketones (excluding diaryl/α,β-unsaturated/α-hetero) is 1. The molecule has 0 aromatic heterocycles. The molecule has 0 aliphatic heterocycles. The number of aliphatic hydroxyl groups excluding tert-OH is 4. The van der Waals surface area contributed by atoms with Crippen molar-refractivity contribution in [1.82, 2.24) is 0 Å². The Morgan fingerprint density at radius 1 is 1.18 bits per heavy atom. The molecule has 0 aliphatic carbocycles. The third-order valence-corrected chi connectivity index (χ3v) is 1.23. The van der Waals surface area contributed by atoms with E-state index in [1.165, 1.54) is 0 Å². The zero-order valence-electron chi connectivity index (χ0n) is 5.97. The predicted molar refractivity (Wildman–Crippen MR) is 35.8 cm³/mol. The van der Waals surface area contributed by atoms with Crippen LogP contribution in [-0.4, -0.2) is 51.6 Å². The summed E-state index contributed by atoms with van der Waals surface area (Å²) in [5.41, 5.74) is 0. The maximum atomic E-state index is 10.7. The molecule has 66 valence electrons. The summed E-state index contributed by atoms with van der Waals surface area (Å²) >= 11 is 0. The van der Waals surface area contributed by atoms with E-state index in [0.717, 1.165) is 0 Å². The lowest BCUT2D eigenvalue weighted by Crippen LogP contribution is -2.35. The predicted octanol–water partition coefficient (Wildman–Crippen LogP) is -2.35. The van der Waals surface area contributed by atoms with Crippen molar-refractivity contribution in [2.45, 2.75) is 18.6 Å². The lowest BCUT2D eigenvalue weighted by molar-refractivity contribution is -0.138. The van der Waals surface area contributed by atoms with Crippen LogP contribution in [0.3, 0.4) is 0 Å². The molecular weight excluding hydrogens is 152 g/mol. The van der Waals surface area contributed by atoms with Crippen molar-refractivity contribution in [3.05, 3.63) is 0 Å². The molecule has 0 aliphatic rings. The maximum absolute atomic E-state index is 10.7. The van der Waals surface area contributed by atoms with Gasteiger partial charge in [0.1, 0.15) is 12.2 Å². The zero-order valence-corrected chi connectivity index (χ0v) is 5.97. The lowest BCUT2D eigenvalue weighted by atomic mass is 10.1. The molecule has 0 aromatic rings. The first kappa shape index (κ1) is 10.5. The van der Waals surface area contributed by atoms with Crippen LogP contribution in [0, 0.1) is 0 Å². The van der Waals surface area contributed by atoms with Crippen LogP contribution in [-0.2, 0) is 4.79 Å². The SMILES string of the molecule is O=C([C@H](O)CO)[C@@H](O)CCO. The molecule has 0 rings (SSSR count). The van der Waals surface area contributed by atoms with Gasteiger partial charge in [-0.15, -0.1) is 0 Å². The summed E-state index contributed by atoms with van der Waals surface area (Å²) in [6.45, 7) is -1.04. The highest BCUT2D eigenvalue weighted by Gasteiger charge is 2.21. The molecule has 0 saturated heterocycles. The smallest absolute Gasteiger partial charge is 0.192 e. The van der Waals surface area contributed by atoms with Gasteiger partial charge in [-0.25, -0.2) is 0 Å². The quantitative estimate of drug-likeness (QED) is 0.365. The molecule has 5 heteroatoms. The molecule has 2 atom stereocenters. The number of carbonyl (C=O) groups is 1. The van der Waals surface area contributed by atoms with E-state index in [9.17, 15) is 4.79 Å². The average molecular weight is 164 g/mol. The summed E-state index contributed by atoms with van der Waals surface area (Å²) in [6.07, 6.45) is -3.05. The Hall–Kier alpha value is -0.490. The van der Waals surface area contributed by atoms with Gasteiger partial charge in [0.15, 0.2) is 5.78 Å². The molecule has 0 heterocycles. The number of ketones is 1. The Morgan fingerprint density at radius 3 is 2.09 bits per heavy atom. The van der Waals surface area contributed by atoms with Crippen LogP contribution in [0.5, 0.6) is 0 Å². The van der Waals surface area contributed by atoms with Crippen LogP contribution in [0.2, 0.25) is 0 Å². The first-order valence-corrected chi connectivity index (χ1v) is 3.25. The second-order valence-corrected chi connectivity index (χ2v) is 2.13. The van der Waals surface area contributed by atoms with Gasteiger partial charge in [0, 0.05) is 13.0 Å². The van der Waals surface area contributed by atoms with Gasteiger partial charge in [-0.05, 0) is 0 Å². The second kappa shape index (κ2) is 5.20. The number of hydrogen-bond donors (Lipinski definition) is 4. The van der Waals surface area contributed by atoms with Gasteiger partial charge in [0.25, 0.3) is 0 Å². The van der Waals surface area contributed by atoms with E-state index in [4.69, 9.17) is 20.4 Å². The molecule has 0 radical (unpaired) electrons. The van der Waals surface area contributed by atoms with E-state index in [-0.39, 0.29) is 13.0 Å². The van der Waals surface area contributed by atoms with Gasteiger partial charge < -0.3 is 20.4 Å². The highest BCUT2D eigenvalue weighted by molar-refractivity contribution is 5.86. The molecule has 0 saturated carbocycles. The van der Waals surface area contributed by atoms with Crippen LogP contribution in [0.15, 0.2) is 0 Å². The molecule has 11 heavy (non-hydrogen) atoms. The summed E-state index contributed by atoms with van der Waals surface area (Å²) in [6, 6.07) is 0. The summed E-state index contributed by atoms with van der Waals surface area (Å²) < 4.78 is 0. The monoisotopic (exact) mass is 164 g/mol. The van der Waals surface area contributed by atoms with Crippen molar-refractivity contribution in [3.63, 3.8) is 0 Å². The van der Waals surface area contributed by atoms with Gasteiger partial charge in [-0.2, -0.15) is 0 Å². The summed E-state index contributed by atoms with van der Waals surface area (Å²) in [7, 11) is 0. The highest BCUT2D eigenvalue weighted by atomic mass is 16.3. The molecule has 0 spiro atoms. The first-order chi connectivity index (χ1) is 5.13. The third kappa shape index (κ3) is 3.43. The second-order valence-electron chi connectivity index (χ2n) is 2.13. The van der Waals surface area contributed by atoms with Crippen molar-refractivity contribution in [1.29, 1.82) is 0 Å². The molecule has 0 unspecified atom stereocenters. The highest BCUT2D eigenvalue weighted by Crippen LogP contribution is 1.96. The standard InChI is InChI=1S/C6H12O5/c7-2-1-4(9)6(11)5(10)3-8/h4-5,7-10H,1-3H2/t4-,5+/m0/s1. The normalized spacial score (nSPS) is 16.0. The topological polar surface area (TPSA) is 98.0 Å². The summed E-state index contributed by atoms with van der Waals surface area (Å²) in [5, 5.41) is 34.1. The molecule has 0 bridgehead atoms. The summed E-state index contributed by atoms with van der Waals surface area (Å²) in [4.78, 5) is 10.7. The fourth-order valence-corrected chi connectivity index (χ4v) is 0.577. The number of hydrogen-bond acceptors (Lipinski definition) is 5. The van der Waals surface area contributed by atoms with Crippen molar-refractivity contribution in [2.24, 2.45) is 0 Å². The molecule has 0 amide bonds. The fourth-order valence-electron chi connectivity index (χ4n) is 0.577. The minimum Gasteiger partial charge on any atom is -0.396 e. The maximum Gasteiger partial charge on any atom is 0.192 e. The largest absolute Gasteiger partial charge is 0.396 e.